The molecule has 5 nitrogen and oxygen atoms in total. The molecule has 1 aliphatic heterocycles. The summed E-state index contributed by atoms with van der Waals surface area (Å²) in [5.74, 6) is 0.619. The Balaban J connectivity index is 0.000000212. The number of hydrogen-bond donors (Lipinski definition) is 1. The Bertz CT molecular complexity index is 1370. The smallest absolute Gasteiger partial charge is 0.0857 e. The first-order valence-corrected chi connectivity index (χ1v) is 13.8. The Morgan fingerprint density at radius 1 is 0.949 bits per heavy atom. The highest BCUT2D eigenvalue weighted by atomic mass is 15.2. The highest BCUT2D eigenvalue weighted by molar-refractivity contribution is 6.13. The van der Waals surface area contributed by atoms with Gasteiger partial charge in [-0.05, 0) is 92.8 Å². The maximum atomic E-state index is 4.41. The average Bonchev–Trinajstić information content (AvgIpc) is 3.64. The van der Waals surface area contributed by atoms with Crippen molar-refractivity contribution in [1.29, 1.82) is 0 Å². The second-order valence-corrected chi connectivity index (χ2v) is 10.6. The van der Waals surface area contributed by atoms with Crippen LogP contribution in [0.25, 0.3) is 16.8 Å². The van der Waals surface area contributed by atoms with Crippen LogP contribution in [0, 0.1) is 19.8 Å². The lowest BCUT2D eigenvalue weighted by Crippen LogP contribution is -2.17. The van der Waals surface area contributed by atoms with Gasteiger partial charge >= 0.3 is 0 Å². The molecule has 202 valence electrons. The molecular formula is C34H41N5. The molecule has 0 amide bonds. The number of hydrogen-bond acceptors (Lipinski definition) is 5. The molecule has 2 fully saturated rings. The van der Waals surface area contributed by atoms with Crippen molar-refractivity contribution in [2.24, 2.45) is 10.9 Å². The van der Waals surface area contributed by atoms with Crippen molar-refractivity contribution >= 4 is 17.1 Å². The third-order valence-electron chi connectivity index (χ3n) is 7.26. The third kappa shape index (κ3) is 7.32. The Kier molecular flexibility index (Phi) is 9.13. The molecule has 0 radical (unpaired) electrons. The third-order valence-corrected chi connectivity index (χ3v) is 7.26. The van der Waals surface area contributed by atoms with Crippen LogP contribution in [-0.2, 0) is 0 Å². The number of aliphatic imine (C=N–C) groups is 1. The van der Waals surface area contributed by atoms with Gasteiger partial charge in [-0.2, -0.15) is 0 Å². The highest BCUT2D eigenvalue weighted by Crippen LogP contribution is 2.36. The van der Waals surface area contributed by atoms with Crippen molar-refractivity contribution in [2.75, 3.05) is 25.5 Å². The van der Waals surface area contributed by atoms with Gasteiger partial charge in [-0.3, -0.25) is 15.0 Å². The number of aryl methyl sites for hydroxylation is 2. The summed E-state index contributed by atoms with van der Waals surface area (Å²) in [5.41, 5.74) is 11.8. The largest absolute Gasteiger partial charge is 0.370 e. The SMILES string of the molecule is C=C(C)C(=NC)c1cc(-c2cncc(NC(=C)C3CC3)c2)ccc1C.C=C(c1ccc(C)cn1)N1CCCC1. The number of benzene rings is 1. The van der Waals surface area contributed by atoms with Crippen LogP contribution in [0.15, 0.2) is 91.0 Å². The van der Waals surface area contributed by atoms with Crippen LogP contribution < -0.4 is 5.32 Å². The lowest BCUT2D eigenvalue weighted by Gasteiger charge is -2.19. The van der Waals surface area contributed by atoms with Gasteiger partial charge in [0.1, 0.15) is 0 Å². The van der Waals surface area contributed by atoms with E-state index in [9.17, 15) is 0 Å². The van der Waals surface area contributed by atoms with Gasteiger partial charge in [0, 0.05) is 49.4 Å². The quantitative estimate of drug-likeness (QED) is 0.308. The van der Waals surface area contributed by atoms with Gasteiger partial charge < -0.3 is 10.2 Å². The molecule has 1 aromatic carbocycles. The van der Waals surface area contributed by atoms with E-state index >= 15 is 0 Å². The topological polar surface area (TPSA) is 53.4 Å². The van der Waals surface area contributed by atoms with Crippen LogP contribution in [-0.4, -0.2) is 40.7 Å². The number of pyridine rings is 2. The molecule has 39 heavy (non-hydrogen) atoms. The molecule has 0 unspecified atom stereocenters. The molecule has 2 aromatic heterocycles. The monoisotopic (exact) mass is 519 g/mol. The molecule has 1 saturated carbocycles. The van der Waals surface area contributed by atoms with E-state index in [0.717, 1.165) is 63.8 Å². The predicted octanol–water partition coefficient (Wildman–Crippen LogP) is 7.84. The van der Waals surface area contributed by atoms with E-state index in [1.165, 1.54) is 36.8 Å². The number of aromatic nitrogens is 2. The van der Waals surface area contributed by atoms with Crippen molar-refractivity contribution in [2.45, 2.75) is 46.5 Å². The van der Waals surface area contributed by atoms with Crippen LogP contribution in [0.4, 0.5) is 5.69 Å². The lowest BCUT2D eigenvalue weighted by atomic mass is 9.95. The van der Waals surface area contributed by atoms with Gasteiger partial charge in [-0.25, -0.2) is 0 Å². The van der Waals surface area contributed by atoms with Gasteiger partial charge in [-0.15, -0.1) is 0 Å². The van der Waals surface area contributed by atoms with E-state index in [0.29, 0.717) is 5.92 Å². The fraction of sp³-hybridized carbons (Fsp3) is 0.324. The standard InChI is InChI=1S/C22H25N3.C12H16N2/c1-14(2)22(23-5)21-11-18(7-6-15(21)3)19-10-20(13-24-12-19)25-16(4)17-8-9-17;1-10-5-6-12(13-9-10)11(2)14-7-3-4-8-14/h6-7,10-13,17,25H,1,4,8-9H2,2-3,5H3;5-6,9H,2-4,7-8H2,1H3. The lowest BCUT2D eigenvalue weighted by molar-refractivity contribution is 0.492. The summed E-state index contributed by atoms with van der Waals surface area (Å²) in [6, 6.07) is 12.7. The first-order chi connectivity index (χ1) is 18.8. The van der Waals surface area contributed by atoms with E-state index in [1.807, 2.05) is 32.6 Å². The molecule has 1 N–H and O–H groups in total. The molecule has 2 aliphatic rings. The van der Waals surface area contributed by atoms with Crippen LogP contribution >= 0.6 is 0 Å². The van der Waals surface area contributed by atoms with E-state index in [4.69, 9.17) is 0 Å². The molecule has 0 atom stereocenters. The van der Waals surface area contributed by atoms with Gasteiger partial charge in [0.2, 0.25) is 0 Å². The summed E-state index contributed by atoms with van der Waals surface area (Å²) < 4.78 is 0. The van der Waals surface area contributed by atoms with Crippen molar-refractivity contribution in [3.63, 3.8) is 0 Å². The van der Waals surface area contributed by atoms with Gasteiger partial charge in [0.25, 0.3) is 0 Å². The molecule has 3 heterocycles. The normalized spacial score (nSPS) is 14.9. The van der Waals surface area contributed by atoms with E-state index in [1.54, 1.807) is 0 Å². The molecule has 1 saturated heterocycles. The molecule has 0 spiro atoms. The minimum atomic E-state index is 0.619. The van der Waals surface area contributed by atoms with Crippen LogP contribution in [0.5, 0.6) is 0 Å². The maximum absolute atomic E-state index is 4.41. The average molecular weight is 520 g/mol. The zero-order valence-corrected chi connectivity index (χ0v) is 23.9. The zero-order chi connectivity index (χ0) is 27.9. The van der Waals surface area contributed by atoms with E-state index in [-0.39, 0.29) is 0 Å². The number of likely N-dealkylation sites (tertiary alicyclic amines) is 1. The fourth-order valence-corrected chi connectivity index (χ4v) is 4.77. The molecule has 0 bridgehead atoms. The second-order valence-electron chi connectivity index (χ2n) is 10.6. The number of rotatable bonds is 8. The van der Waals surface area contributed by atoms with Gasteiger partial charge in [0.05, 0.1) is 29.0 Å². The van der Waals surface area contributed by atoms with Crippen molar-refractivity contribution in [3.8, 4) is 11.1 Å². The van der Waals surface area contributed by atoms with Gasteiger partial charge in [0.15, 0.2) is 0 Å². The summed E-state index contributed by atoms with van der Waals surface area (Å²) in [4.78, 5) is 15.5. The van der Waals surface area contributed by atoms with E-state index in [2.05, 4.69) is 95.2 Å². The summed E-state index contributed by atoms with van der Waals surface area (Å²) in [5, 5.41) is 3.40. The van der Waals surface area contributed by atoms with Crippen molar-refractivity contribution in [1.82, 2.24) is 14.9 Å². The van der Waals surface area contributed by atoms with Crippen LogP contribution in [0.3, 0.4) is 0 Å². The Morgan fingerprint density at radius 3 is 2.31 bits per heavy atom. The number of allylic oxidation sites excluding steroid dienone is 2. The van der Waals surface area contributed by atoms with Crippen LogP contribution in [0.2, 0.25) is 0 Å². The Labute approximate surface area is 234 Å². The summed E-state index contributed by atoms with van der Waals surface area (Å²) >= 11 is 0. The minimum absolute atomic E-state index is 0.619. The zero-order valence-electron chi connectivity index (χ0n) is 23.9. The molecular weight excluding hydrogens is 478 g/mol. The second kappa shape index (κ2) is 12.7. The first-order valence-electron chi connectivity index (χ1n) is 13.8. The minimum Gasteiger partial charge on any atom is -0.370 e. The molecule has 5 rings (SSSR count). The van der Waals surface area contributed by atoms with Crippen molar-refractivity contribution in [3.05, 3.63) is 108 Å². The summed E-state index contributed by atoms with van der Waals surface area (Å²) in [7, 11) is 1.81. The molecule has 3 aromatic rings. The van der Waals surface area contributed by atoms with Gasteiger partial charge in [-0.1, -0.05) is 37.9 Å². The number of nitrogens with one attached hydrogen (secondary N) is 1. The highest BCUT2D eigenvalue weighted by Gasteiger charge is 2.24. The van der Waals surface area contributed by atoms with Crippen molar-refractivity contribution < 1.29 is 0 Å². The summed E-state index contributed by atoms with van der Waals surface area (Å²) in [6.45, 7) is 20.7. The fourth-order valence-electron chi connectivity index (χ4n) is 4.77. The molecule has 5 heteroatoms. The van der Waals surface area contributed by atoms with Crippen LogP contribution in [0.1, 0.15) is 55.0 Å². The maximum Gasteiger partial charge on any atom is 0.0857 e. The number of anilines is 1. The predicted molar refractivity (Wildman–Crippen MR) is 166 cm³/mol. The first kappa shape index (κ1) is 28.0. The molecule has 1 aliphatic carbocycles. The number of nitrogens with zero attached hydrogens (tertiary/aromatic N) is 4. The van der Waals surface area contributed by atoms with E-state index < -0.39 is 0 Å². The Morgan fingerprint density at radius 2 is 1.69 bits per heavy atom. The summed E-state index contributed by atoms with van der Waals surface area (Å²) in [6.07, 6.45) is 10.7. The Hall–Kier alpha value is -3.99.